The van der Waals surface area contributed by atoms with Gasteiger partial charge in [0, 0.05) is 6.42 Å². The maximum absolute atomic E-state index is 5.69. The van der Waals surface area contributed by atoms with Crippen molar-refractivity contribution < 1.29 is 13.9 Å². The summed E-state index contributed by atoms with van der Waals surface area (Å²) < 4.78 is 16.7. The Morgan fingerprint density at radius 1 is 1.25 bits per heavy atom. The molecule has 4 heteroatoms. The van der Waals surface area contributed by atoms with Crippen LogP contribution < -0.4 is 0 Å². The molecule has 1 aliphatic heterocycles. The maximum Gasteiger partial charge on any atom is 0.255 e. The molecule has 0 unspecified atom stereocenters. The molecule has 0 atom stereocenters. The van der Waals surface area contributed by atoms with Crippen molar-refractivity contribution in [2.24, 2.45) is 0 Å². The van der Waals surface area contributed by atoms with Crippen molar-refractivity contribution in [2.45, 2.75) is 44.8 Å². The summed E-state index contributed by atoms with van der Waals surface area (Å²) in [5.74, 6) is -0.154. The first kappa shape index (κ1) is 11.6. The minimum Gasteiger partial charge on any atom is -0.444 e. The minimum atomic E-state index is -0.711. The lowest BCUT2D eigenvalue weighted by molar-refractivity contribution is -0.187. The van der Waals surface area contributed by atoms with Gasteiger partial charge in [0.15, 0.2) is 0 Å². The highest BCUT2D eigenvalue weighted by atomic mass is 16.7. The number of hydrogen-bond donors (Lipinski definition) is 0. The quantitative estimate of drug-likeness (QED) is 0.698. The Kier molecular flexibility index (Phi) is 3.96. The molecule has 0 spiro atoms. The molecule has 0 bridgehead atoms. The van der Waals surface area contributed by atoms with Gasteiger partial charge in [0.1, 0.15) is 6.26 Å². The van der Waals surface area contributed by atoms with Gasteiger partial charge in [-0.25, -0.2) is 4.98 Å². The number of rotatable bonds is 6. The third kappa shape index (κ3) is 2.44. The third-order valence-corrected chi connectivity index (χ3v) is 2.87. The van der Waals surface area contributed by atoms with E-state index < -0.39 is 5.79 Å². The van der Waals surface area contributed by atoms with Gasteiger partial charge in [0.25, 0.3) is 5.89 Å². The number of oxazole rings is 1. The van der Waals surface area contributed by atoms with Crippen LogP contribution in [0.1, 0.15) is 44.9 Å². The van der Waals surface area contributed by atoms with Gasteiger partial charge in [-0.2, -0.15) is 0 Å². The molecule has 1 saturated heterocycles. The van der Waals surface area contributed by atoms with E-state index in [1.165, 1.54) is 19.3 Å². The highest BCUT2D eigenvalue weighted by molar-refractivity contribution is 4.94. The van der Waals surface area contributed by atoms with Gasteiger partial charge in [0.05, 0.1) is 19.4 Å². The van der Waals surface area contributed by atoms with Gasteiger partial charge in [-0.15, -0.1) is 0 Å². The molecule has 16 heavy (non-hydrogen) atoms. The summed E-state index contributed by atoms with van der Waals surface area (Å²) in [6.45, 7) is 3.44. The van der Waals surface area contributed by atoms with Gasteiger partial charge in [-0.05, 0) is 6.42 Å². The highest BCUT2D eigenvalue weighted by Crippen LogP contribution is 2.35. The molecule has 0 saturated carbocycles. The normalized spacial score (nSPS) is 19.1. The maximum atomic E-state index is 5.69. The number of nitrogens with zero attached hydrogens (tertiary/aromatic N) is 1. The molecule has 1 aromatic heterocycles. The molecule has 1 fully saturated rings. The largest absolute Gasteiger partial charge is 0.444 e. The molecule has 2 heterocycles. The fourth-order valence-corrected chi connectivity index (χ4v) is 2.03. The molecule has 2 rings (SSSR count). The van der Waals surface area contributed by atoms with Gasteiger partial charge in [-0.3, -0.25) is 0 Å². The Morgan fingerprint density at radius 2 is 2.06 bits per heavy atom. The van der Waals surface area contributed by atoms with Crippen molar-refractivity contribution in [2.75, 3.05) is 13.2 Å². The standard InChI is InChI=1S/C12H19NO3/c1-2-3-4-5-6-12(15-9-10-16-12)11-13-7-8-14-11/h7-8H,2-6,9-10H2,1H3. The van der Waals surface area contributed by atoms with Gasteiger partial charge in [-0.1, -0.05) is 26.2 Å². The summed E-state index contributed by atoms with van der Waals surface area (Å²) in [6, 6.07) is 0. The first-order valence-corrected chi connectivity index (χ1v) is 6.05. The number of unbranched alkanes of at least 4 members (excludes halogenated alkanes) is 3. The summed E-state index contributed by atoms with van der Waals surface area (Å²) in [6.07, 6.45) is 8.78. The Labute approximate surface area is 96.0 Å². The van der Waals surface area contributed by atoms with E-state index in [0.29, 0.717) is 19.1 Å². The molecule has 0 aliphatic carbocycles. The van der Waals surface area contributed by atoms with Crippen molar-refractivity contribution in [1.29, 1.82) is 0 Å². The molecular weight excluding hydrogens is 206 g/mol. The Morgan fingerprint density at radius 3 is 2.69 bits per heavy atom. The summed E-state index contributed by atoms with van der Waals surface area (Å²) in [4.78, 5) is 4.15. The van der Waals surface area contributed by atoms with Crippen LogP contribution in [0.15, 0.2) is 16.9 Å². The molecule has 0 amide bonds. The van der Waals surface area contributed by atoms with E-state index in [1.807, 2.05) is 0 Å². The van der Waals surface area contributed by atoms with Crippen LogP contribution in [0.5, 0.6) is 0 Å². The van der Waals surface area contributed by atoms with Crippen molar-refractivity contribution in [3.63, 3.8) is 0 Å². The first-order chi connectivity index (χ1) is 7.87. The van der Waals surface area contributed by atoms with Gasteiger partial charge in [0.2, 0.25) is 5.79 Å². The van der Waals surface area contributed by atoms with Crippen molar-refractivity contribution in [3.8, 4) is 0 Å². The molecule has 90 valence electrons. The Hall–Kier alpha value is -0.870. The zero-order chi connectivity index (χ0) is 11.3. The van der Waals surface area contributed by atoms with E-state index in [0.717, 1.165) is 12.8 Å². The lowest BCUT2D eigenvalue weighted by Crippen LogP contribution is -2.27. The Balaban J connectivity index is 1.94. The Bertz CT molecular complexity index is 291. The fraction of sp³-hybridized carbons (Fsp3) is 0.750. The summed E-state index contributed by atoms with van der Waals surface area (Å²) in [5, 5.41) is 0. The average Bonchev–Trinajstić information content (AvgIpc) is 2.95. The van der Waals surface area contributed by atoms with Gasteiger partial charge >= 0.3 is 0 Å². The summed E-state index contributed by atoms with van der Waals surface area (Å²) in [5.41, 5.74) is 0. The van der Waals surface area contributed by atoms with Crippen LogP contribution in [0.25, 0.3) is 0 Å². The highest BCUT2D eigenvalue weighted by Gasteiger charge is 2.42. The topological polar surface area (TPSA) is 44.5 Å². The number of aromatic nitrogens is 1. The predicted octanol–water partition coefficient (Wildman–Crippen LogP) is 2.84. The monoisotopic (exact) mass is 225 g/mol. The zero-order valence-electron chi connectivity index (χ0n) is 9.78. The SMILES string of the molecule is CCCCCCC1(c2ncco2)OCCO1. The van der Waals surface area contributed by atoms with Crippen molar-refractivity contribution in [1.82, 2.24) is 4.98 Å². The van der Waals surface area contributed by atoms with Crippen LogP contribution >= 0.6 is 0 Å². The van der Waals surface area contributed by atoms with Crippen molar-refractivity contribution in [3.05, 3.63) is 18.4 Å². The van der Waals surface area contributed by atoms with E-state index in [-0.39, 0.29) is 0 Å². The molecule has 0 N–H and O–H groups in total. The fourth-order valence-electron chi connectivity index (χ4n) is 2.03. The second kappa shape index (κ2) is 5.46. The van der Waals surface area contributed by atoms with Gasteiger partial charge < -0.3 is 13.9 Å². The third-order valence-electron chi connectivity index (χ3n) is 2.87. The van der Waals surface area contributed by atoms with Crippen LogP contribution in [0.3, 0.4) is 0 Å². The lowest BCUT2D eigenvalue weighted by atomic mass is 10.1. The van der Waals surface area contributed by atoms with Crippen LogP contribution in [0.4, 0.5) is 0 Å². The van der Waals surface area contributed by atoms with E-state index in [4.69, 9.17) is 13.9 Å². The summed E-state index contributed by atoms with van der Waals surface area (Å²) >= 11 is 0. The minimum absolute atomic E-state index is 0.557. The van der Waals surface area contributed by atoms with Crippen LogP contribution in [0.2, 0.25) is 0 Å². The number of hydrogen-bond acceptors (Lipinski definition) is 4. The molecule has 1 aliphatic rings. The van der Waals surface area contributed by atoms with E-state index in [1.54, 1.807) is 12.5 Å². The first-order valence-electron chi connectivity index (χ1n) is 6.05. The molecule has 1 aromatic rings. The van der Waals surface area contributed by atoms with Crippen molar-refractivity contribution >= 4 is 0 Å². The van der Waals surface area contributed by atoms with E-state index >= 15 is 0 Å². The van der Waals surface area contributed by atoms with E-state index in [9.17, 15) is 0 Å². The second-order valence-electron chi connectivity index (χ2n) is 4.10. The van der Waals surface area contributed by atoms with Crippen LogP contribution in [-0.2, 0) is 15.3 Å². The predicted molar refractivity (Wildman–Crippen MR) is 58.8 cm³/mol. The lowest BCUT2D eigenvalue weighted by Gasteiger charge is -2.23. The molecule has 4 nitrogen and oxygen atoms in total. The smallest absolute Gasteiger partial charge is 0.255 e. The molecule has 0 radical (unpaired) electrons. The summed E-state index contributed by atoms with van der Waals surface area (Å²) in [7, 11) is 0. The average molecular weight is 225 g/mol. The van der Waals surface area contributed by atoms with E-state index in [2.05, 4.69) is 11.9 Å². The second-order valence-corrected chi connectivity index (χ2v) is 4.10. The number of ether oxygens (including phenoxy) is 2. The van der Waals surface area contributed by atoms with Crippen LogP contribution in [-0.4, -0.2) is 18.2 Å². The molecule has 0 aromatic carbocycles. The van der Waals surface area contributed by atoms with Crippen LogP contribution in [0, 0.1) is 0 Å². The molecular formula is C12H19NO3. The zero-order valence-corrected chi connectivity index (χ0v) is 9.78.